The second kappa shape index (κ2) is 4.83. The van der Waals surface area contributed by atoms with Crippen LogP contribution in [0.2, 0.25) is 0 Å². The van der Waals surface area contributed by atoms with Gasteiger partial charge in [0.05, 0.1) is 0 Å². The minimum Gasteiger partial charge on any atom is -0.342 e. The van der Waals surface area contributed by atoms with Gasteiger partial charge in [-0.05, 0) is 50.3 Å². The molecule has 2 fully saturated rings. The van der Waals surface area contributed by atoms with Gasteiger partial charge in [0.25, 0.3) is 0 Å². The van der Waals surface area contributed by atoms with Crippen LogP contribution in [-0.4, -0.2) is 28.3 Å². The Bertz CT molecular complexity index is 596. The zero-order valence-electron chi connectivity index (χ0n) is 12.2. The smallest absolute Gasteiger partial charge is 0.246 e. The Morgan fingerprint density at radius 3 is 2.67 bits per heavy atom. The lowest BCUT2D eigenvalue weighted by Crippen LogP contribution is -2.68. The largest absolute Gasteiger partial charge is 0.342 e. The highest BCUT2D eigenvalue weighted by atomic mass is 19.1. The number of carbonyl (C=O) groups is 2. The Hall–Kier alpha value is -1.91. The molecule has 21 heavy (non-hydrogen) atoms. The van der Waals surface area contributed by atoms with Gasteiger partial charge in [0.15, 0.2) is 0 Å². The van der Waals surface area contributed by atoms with Crippen LogP contribution in [0.3, 0.4) is 0 Å². The van der Waals surface area contributed by atoms with E-state index in [2.05, 4.69) is 5.32 Å². The van der Waals surface area contributed by atoms with Crippen molar-refractivity contribution in [2.75, 3.05) is 0 Å². The van der Waals surface area contributed by atoms with Crippen LogP contribution in [0.15, 0.2) is 24.3 Å². The number of hydrogen-bond donors (Lipinski definition) is 1. The third kappa shape index (κ3) is 2.52. The third-order valence-corrected chi connectivity index (χ3v) is 4.37. The van der Waals surface area contributed by atoms with Gasteiger partial charge in [-0.1, -0.05) is 12.1 Å². The summed E-state index contributed by atoms with van der Waals surface area (Å²) in [5, 5.41) is 2.84. The fourth-order valence-corrected chi connectivity index (χ4v) is 2.79. The first kappa shape index (κ1) is 14.0. The van der Waals surface area contributed by atoms with Crippen LogP contribution in [0.5, 0.6) is 0 Å². The molecule has 0 bridgehead atoms. The number of benzene rings is 1. The first-order chi connectivity index (χ1) is 9.89. The van der Waals surface area contributed by atoms with Gasteiger partial charge in [0.2, 0.25) is 11.8 Å². The number of piperazine rings is 1. The molecule has 1 aromatic carbocycles. The molecule has 112 valence electrons. The van der Waals surface area contributed by atoms with Crippen LogP contribution in [0.4, 0.5) is 4.39 Å². The Balaban J connectivity index is 1.88. The first-order valence-electron chi connectivity index (χ1n) is 7.26. The monoisotopic (exact) mass is 290 g/mol. The van der Waals surface area contributed by atoms with Gasteiger partial charge in [0, 0.05) is 6.54 Å². The van der Waals surface area contributed by atoms with Crippen molar-refractivity contribution in [1.82, 2.24) is 10.2 Å². The Morgan fingerprint density at radius 1 is 1.33 bits per heavy atom. The van der Waals surface area contributed by atoms with E-state index >= 15 is 0 Å². The molecule has 1 N–H and O–H groups in total. The fraction of sp³-hybridized carbons (Fsp3) is 0.500. The summed E-state index contributed by atoms with van der Waals surface area (Å²) in [7, 11) is 0. The summed E-state index contributed by atoms with van der Waals surface area (Å²) in [6.45, 7) is 3.70. The molecule has 1 aliphatic heterocycles. The maximum Gasteiger partial charge on any atom is 0.246 e. The lowest BCUT2D eigenvalue weighted by atomic mass is 9.93. The van der Waals surface area contributed by atoms with E-state index < -0.39 is 11.6 Å². The number of carbonyl (C=O) groups excluding carboxylic acids is 2. The molecule has 2 amide bonds. The number of hydrogen-bond acceptors (Lipinski definition) is 2. The molecule has 0 aromatic heterocycles. The standard InChI is InChI=1S/C16H19FN2O2/c1-16(2)15(21)18-13(11-6-7-11)14(20)19(16)9-10-4-3-5-12(17)8-10/h3-5,8,11,13H,6-7,9H2,1-2H3,(H,18,21). The summed E-state index contributed by atoms with van der Waals surface area (Å²) in [5.41, 5.74) is -0.227. The topological polar surface area (TPSA) is 49.4 Å². The zero-order valence-corrected chi connectivity index (χ0v) is 12.2. The molecule has 5 heteroatoms. The predicted octanol–water partition coefficient (Wildman–Crippen LogP) is 1.84. The number of nitrogens with zero attached hydrogens (tertiary/aromatic N) is 1. The number of halogens is 1. The van der Waals surface area contributed by atoms with Crippen molar-refractivity contribution in [1.29, 1.82) is 0 Å². The van der Waals surface area contributed by atoms with E-state index in [0.717, 1.165) is 12.8 Å². The van der Waals surface area contributed by atoms with Crippen LogP contribution < -0.4 is 5.32 Å². The molecule has 1 saturated carbocycles. The second-order valence-electron chi connectivity index (χ2n) is 6.40. The molecule has 1 heterocycles. The quantitative estimate of drug-likeness (QED) is 0.923. The average Bonchev–Trinajstić information content (AvgIpc) is 3.24. The molecular weight excluding hydrogens is 271 g/mol. The van der Waals surface area contributed by atoms with E-state index in [9.17, 15) is 14.0 Å². The Labute approximate surface area is 123 Å². The highest BCUT2D eigenvalue weighted by Crippen LogP contribution is 2.37. The van der Waals surface area contributed by atoms with Crippen molar-refractivity contribution >= 4 is 11.8 Å². The first-order valence-corrected chi connectivity index (χ1v) is 7.26. The Kier molecular flexibility index (Phi) is 3.23. The number of amides is 2. The van der Waals surface area contributed by atoms with Gasteiger partial charge in [-0.15, -0.1) is 0 Å². The van der Waals surface area contributed by atoms with Crippen LogP contribution in [0, 0.1) is 11.7 Å². The molecule has 1 saturated heterocycles. The molecule has 1 unspecified atom stereocenters. The maximum atomic E-state index is 13.3. The number of nitrogens with one attached hydrogen (secondary N) is 1. The van der Waals surface area contributed by atoms with E-state index in [1.54, 1.807) is 30.9 Å². The SMILES string of the molecule is CC1(C)C(=O)NC(C2CC2)C(=O)N1Cc1cccc(F)c1. The fourth-order valence-electron chi connectivity index (χ4n) is 2.79. The minimum atomic E-state index is -0.922. The predicted molar refractivity (Wildman–Crippen MR) is 75.7 cm³/mol. The van der Waals surface area contributed by atoms with Crippen molar-refractivity contribution in [3.05, 3.63) is 35.6 Å². The van der Waals surface area contributed by atoms with Crippen LogP contribution in [0.25, 0.3) is 0 Å². The molecule has 2 aliphatic rings. The normalized spacial score (nSPS) is 24.9. The molecule has 3 rings (SSSR count). The molecule has 1 aromatic rings. The molecule has 0 radical (unpaired) electrons. The van der Waals surface area contributed by atoms with Gasteiger partial charge >= 0.3 is 0 Å². The zero-order chi connectivity index (χ0) is 15.2. The highest BCUT2D eigenvalue weighted by molar-refractivity contribution is 5.99. The van der Waals surface area contributed by atoms with Gasteiger partial charge in [-0.3, -0.25) is 9.59 Å². The van der Waals surface area contributed by atoms with Crippen molar-refractivity contribution in [2.24, 2.45) is 5.92 Å². The minimum absolute atomic E-state index is 0.0636. The summed E-state index contributed by atoms with van der Waals surface area (Å²) in [6.07, 6.45) is 1.95. The van der Waals surface area contributed by atoms with Crippen molar-refractivity contribution in [3.63, 3.8) is 0 Å². The van der Waals surface area contributed by atoms with Gasteiger partial charge in [-0.25, -0.2) is 4.39 Å². The third-order valence-electron chi connectivity index (χ3n) is 4.37. The van der Waals surface area contributed by atoms with Crippen molar-refractivity contribution < 1.29 is 14.0 Å². The van der Waals surface area contributed by atoms with Crippen LogP contribution in [0.1, 0.15) is 32.3 Å². The highest BCUT2D eigenvalue weighted by Gasteiger charge is 2.50. The van der Waals surface area contributed by atoms with Crippen LogP contribution in [-0.2, 0) is 16.1 Å². The van der Waals surface area contributed by atoms with E-state index in [1.807, 2.05) is 0 Å². The van der Waals surface area contributed by atoms with Gasteiger partial charge < -0.3 is 10.2 Å². The van der Waals surface area contributed by atoms with Gasteiger partial charge in [0.1, 0.15) is 17.4 Å². The second-order valence-corrected chi connectivity index (χ2v) is 6.40. The van der Waals surface area contributed by atoms with Crippen molar-refractivity contribution in [3.8, 4) is 0 Å². The molecular formula is C16H19FN2O2. The maximum absolute atomic E-state index is 13.3. The molecule has 1 atom stereocenters. The summed E-state index contributed by atoms with van der Waals surface area (Å²) in [6, 6.07) is 5.74. The van der Waals surface area contributed by atoms with E-state index in [0.29, 0.717) is 5.56 Å². The van der Waals surface area contributed by atoms with Crippen LogP contribution >= 0.6 is 0 Å². The molecule has 1 aliphatic carbocycles. The van der Waals surface area contributed by atoms with E-state index in [4.69, 9.17) is 0 Å². The molecule has 4 nitrogen and oxygen atoms in total. The Morgan fingerprint density at radius 2 is 2.05 bits per heavy atom. The summed E-state index contributed by atoms with van der Waals surface area (Å²) in [4.78, 5) is 26.5. The van der Waals surface area contributed by atoms with Gasteiger partial charge in [-0.2, -0.15) is 0 Å². The number of rotatable bonds is 3. The molecule has 0 spiro atoms. The summed E-state index contributed by atoms with van der Waals surface area (Å²) < 4.78 is 13.3. The average molecular weight is 290 g/mol. The van der Waals surface area contributed by atoms with E-state index in [1.165, 1.54) is 12.1 Å². The summed E-state index contributed by atoms with van der Waals surface area (Å²) in [5.74, 6) is -0.285. The van der Waals surface area contributed by atoms with Crippen molar-refractivity contribution in [2.45, 2.75) is 44.8 Å². The van der Waals surface area contributed by atoms with E-state index in [-0.39, 0.29) is 30.1 Å². The lowest BCUT2D eigenvalue weighted by molar-refractivity contribution is -0.156. The summed E-state index contributed by atoms with van der Waals surface area (Å²) >= 11 is 0. The lowest BCUT2D eigenvalue weighted by Gasteiger charge is -2.44.